The van der Waals surface area contributed by atoms with Crippen LogP contribution in [0.4, 0.5) is 4.79 Å². The minimum Gasteiger partial charge on any atom is -0.378 e. The molecule has 1 aliphatic heterocycles. The standard InChI is InChI=1S/C21H33N3O4S/c1-15(14-28-18-12-17(13-18)11-16-7-4-3-5-8-16)20-19(23-29(2,26)27)9-6-10-24(20)21(22)25/h3-5,7-8,15,17-20,23H,6,9-14H2,1-2H3,(H2,22,25)/t15?,17?,18?,19-,20-/m1/s1. The van der Waals surface area contributed by atoms with E-state index in [-0.39, 0.29) is 24.1 Å². The summed E-state index contributed by atoms with van der Waals surface area (Å²) in [6.07, 6.45) is 5.95. The summed E-state index contributed by atoms with van der Waals surface area (Å²) in [6.45, 7) is 3.04. The van der Waals surface area contributed by atoms with Gasteiger partial charge in [0, 0.05) is 18.5 Å². The molecule has 1 aromatic carbocycles. The number of rotatable bonds is 8. The van der Waals surface area contributed by atoms with E-state index in [2.05, 4.69) is 29.0 Å². The van der Waals surface area contributed by atoms with Crippen LogP contribution in [-0.2, 0) is 21.2 Å². The molecule has 0 aromatic heterocycles. The molecule has 1 heterocycles. The number of amides is 2. The highest BCUT2D eigenvalue weighted by Gasteiger charge is 2.39. The molecule has 29 heavy (non-hydrogen) atoms. The highest BCUT2D eigenvalue weighted by molar-refractivity contribution is 7.88. The molecule has 162 valence electrons. The number of ether oxygens (including phenoxy) is 1. The number of nitrogens with two attached hydrogens (primary N) is 1. The summed E-state index contributed by atoms with van der Waals surface area (Å²) in [5, 5.41) is 0. The van der Waals surface area contributed by atoms with Gasteiger partial charge in [-0.05, 0) is 43.6 Å². The molecule has 1 unspecified atom stereocenters. The number of carbonyl (C=O) groups is 1. The second-order valence-electron chi connectivity index (χ2n) is 8.62. The van der Waals surface area contributed by atoms with Crippen molar-refractivity contribution in [2.24, 2.45) is 17.6 Å². The van der Waals surface area contributed by atoms with Crippen molar-refractivity contribution in [1.29, 1.82) is 0 Å². The number of nitrogens with one attached hydrogen (secondary N) is 1. The number of piperidine rings is 1. The molecule has 0 bridgehead atoms. The SMILES string of the molecule is CC(COC1CC(Cc2ccccc2)C1)[C@@H]1[C@H](NS(C)(=O)=O)CCCN1C(N)=O. The predicted octanol–water partition coefficient (Wildman–Crippen LogP) is 2.12. The molecule has 1 aliphatic carbocycles. The van der Waals surface area contributed by atoms with E-state index in [0.717, 1.165) is 31.9 Å². The van der Waals surface area contributed by atoms with Crippen molar-refractivity contribution in [3.63, 3.8) is 0 Å². The average molecular weight is 424 g/mol. The summed E-state index contributed by atoms with van der Waals surface area (Å²) in [5.41, 5.74) is 6.93. The van der Waals surface area contributed by atoms with Crippen molar-refractivity contribution in [2.45, 2.75) is 57.2 Å². The van der Waals surface area contributed by atoms with Crippen LogP contribution in [0.25, 0.3) is 0 Å². The summed E-state index contributed by atoms with van der Waals surface area (Å²) >= 11 is 0. The Balaban J connectivity index is 1.52. The topological polar surface area (TPSA) is 102 Å². The summed E-state index contributed by atoms with van der Waals surface area (Å²) in [7, 11) is -3.37. The molecule has 2 aliphatic rings. The van der Waals surface area contributed by atoms with Gasteiger partial charge in [0.15, 0.2) is 0 Å². The van der Waals surface area contributed by atoms with Crippen LogP contribution in [0.5, 0.6) is 0 Å². The van der Waals surface area contributed by atoms with E-state index in [1.54, 1.807) is 4.90 Å². The molecule has 8 heteroatoms. The Morgan fingerprint density at radius 2 is 2.00 bits per heavy atom. The first kappa shape index (κ1) is 22.1. The number of nitrogens with zero attached hydrogens (tertiary/aromatic N) is 1. The van der Waals surface area contributed by atoms with E-state index in [4.69, 9.17) is 10.5 Å². The van der Waals surface area contributed by atoms with Crippen molar-refractivity contribution in [1.82, 2.24) is 9.62 Å². The number of likely N-dealkylation sites (tertiary alicyclic amines) is 1. The van der Waals surface area contributed by atoms with Crippen LogP contribution in [0.1, 0.15) is 38.2 Å². The molecule has 1 saturated heterocycles. The molecule has 3 atom stereocenters. The van der Waals surface area contributed by atoms with Gasteiger partial charge in [-0.2, -0.15) is 0 Å². The summed E-state index contributed by atoms with van der Waals surface area (Å²) in [5.74, 6) is 0.629. The Kier molecular flexibility index (Phi) is 7.19. The maximum Gasteiger partial charge on any atom is 0.315 e. The third kappa shape index (κ3) is 6.17. The average Bonchev–Trinajstić information content (AvgIpc) is 2.62. The fourth-order valence-corrected chi connectivity index (χ4v) is 5.50. The van der Waals surface area contributed by atoms with E-state index in [1.165, 1.54) is 5.56 Å². The lowest BCUT2D eigenvalue weighted by Gasteiger charge is -2.44. The highest BCUT2D eigenvalue weighted by Crippen LogP contribution is 2.34. The number of sulfonamides is 1. The van der Waals surface area contributed by atoms with Gasteiger partial charge >= 0.3 is 6.03 Å². The normalized spacial score (nSPS) is 28.6. The van der Waals surface area contributed by atoms with E-state index < -0.39 is 16.1 Å². The monoisotopic (exact) mass is 423 g/mol. The molecule has 7 nitrogen and oxygen atoms in total. The molecule has 3 rings (SSSR count). The van der Waals surface area contributed by atoms with E-state index in [0.29, 0.717) is 25.5 Å². The van der Waals surface area contributed by atoms with Gasteiger partial charge in [-0.1, -0.05) is 37.3 Å². The Morgan fingerprint density at radius 1 is 1.31 bits per heavy atom. The Bertz CT molecular complexity index is 780. The quantitative estimate of drug-likeness (QED) is 0.669. The van der Waals surface area contributed by atoms with Gasteiger partial charge in [-0.25, -0.2) is 17.9 Å². The second-order valence-corrected chi connectivity index (χ2v) is 10.4. The number of primary amides is 1. The van der Waals surface area contributed by atoms with Gasteiger partial charge < -0.3 is 15.4 Å². The molecule has 2 fully saturated rings. The Hall–Kier alpha value is -1.64. The van der Waals surface area contributed by atoms with Crippen molar-refractivity contribution in [2.75, 3.05) is 19.4 Å². The zero-order valence-electron chi connectivity index (χ0n) is 17.3. The van der Waals surface area contributed by atoms with Crippen LogP contribution in [0.15, 0.2) is 30.3 Å². The maximum atomic E-state index is 11.9. The molecule has 1 aromatic rings. The zero-order valence-corrected chi connectivity index (χ0v) is 18.1. The van der Waals surface area contributed by atoms with Crippen LogP contribution in [0.2, 0.25) is 0 Å². The smallest absolute Gasteiger partial charge is 0.315 e. The van der Waals surface area contributed by atoms with Crippen molar-refractivity contribution < 1.29 is 17.9 Å². The summed E-state index contributed by atoms with van der Waals surface area (Å²) in [4.78, 5) is 13.5. The second kappa shape index (κ2) is 9.45. The lowest BCUT2D eigenvalue weighted by Crippen LogP contribution is -2.61. The largest absolute Gasteiger partial charge is 0.378 e. The van der Waals surface area contributed by atoms with Crippen molar-refractivity contribution in [3.05, 3.63) is 35.9 Å². The third-order valence-electron chi connectivity index (χ3n) is 6.07. The number of benzene rings is 1. The third-order valence-corrected chi connectivity index (χ3v) is 6.80. The summed E-state index contributed by atoms with van der Waals surface area (Å²) in [6, 6.07) is 9.35. The van der Waals surface area contributed by atoms with Gasteiger partial charge in [-0.3, -0.25) is 0 Å². The number of hydrogen-bond acceptors (Lipinski definition) is 4. The van der Waals surface area contributed by atoms with Gasteiger partial charge in [0.05, 0.1) is 25.0 Å². The minimum atomic E-state index is -3.37. The van der Waals surface area contributed by atoms with E-state index in [1.807, 2.05) is 13.0 Å². The molecule has 3 N–H and O–H groups in total. The minimum absolute atomic E-state index is 0.0183. The van der Waals surface area contributed by atoms with E-state index >= 15 is 0 Å². The van der Waals surface area contributed by atoms with Gasteiger partial charge in [0.1, 0.15) is 0 Å². The number of hydrogen-bond donors (Lipinski definition) is 2. The molecular formula is C21H33N3O4S. The number of carbonyl (C=O) groups excluding carboxylic acids is 1. The maximum absolute atomic E-state index is 11.9. The predicted molar refractivity (Wildman–Crippen MR) is 113 cm³/mol. The lowest BCUT2D eigenvalue weighted by molar-refractivity contribution is -0.0554. The molecule has 1 saturated carbocycles. The molecule has 0 radical (unpaired) electrons. The lowest BCUT2D eigenvalue weighted by atomic mass is 9.78. The van der Waals surface area contributed by atoms with Crippen LogP contribution in [0, 0.1) is 11.8 Å². The van der Waals surface area contributed by atoms with Crippen LogP contribution >= 0.6 is 0 Å². The Labute approximate surface area is 174 Å². The van der Waals surface area contributed by atoms with Crippen LogP contribution in [0.3, 0.4) is 0 Å². The first-order valence-electron chi connectivity index (χ1n) is 10.4. The fourth-order valence-electron chi connectivity index (χ4n) is 4.69. The number of urea groups is 1. The summed E-state index contributed by atoms with van der Waals surface area (Å²) < 4.78 is 32.4. The van der Waals surface area contributed by atoms with E-state index in [9.17, 15) is 13.2 Å². The van der Waals surface area contributed by atoms with Crippen molar-refractivity contribution >= 4 is 16.1 Å². The first-order valence-corrected chi connectivity index (χ1v) is 12.3. The molecule has 0 spiro atoms. The van der Waals surface area contributed by atoms with Crippen LogP contribution < -0.4 is 10.5 Å². The fraction of sp³-hybridized carbons (Fsp3) is 0.667. The van der Waals surface area contributed by atoms with Gasteiger partial charge in [0.25, 0.3) is 0 Å². The molecule has 2 amide bonds. The molecular weight excluding hydrogens is 390 g/mol. The van der Waals surface area contributed by atoms with Crippen molar-refractivity contribution in [3.8, 4) is 0 Å². The highest BCUT2D eigenvalue weighted by atomic mass is 32.2. The Morgan fingerprint density at radius 3 is 2.62 bits per heavy atom. The first-order chi connectivity index (χ1) is 13.7. The van der Waals surface area contributed by atoms with Gasteiger partial charge in [-0.15, -0.1) is 0 Å². The van der Waals surface area contributed by atoms with Crippen LogP contribution in [-0.4, -0.2) is 56.9 Å². The zero-order chi connectivity index (χ0) is 21.0. The van der Waals surface area contributed by atoms with Gasteiger partial charge in [0.2, 0.25) is 10.0 Å².